The largest absolute Gasteiger partial charge is 0.488 e. The number of halogens is 1. The molecule has 1 aliphatic heterocycles. The number of urea groups is 1. The molecule has 132 valence electrons. The second-order valence-electron chi connectivity index (χ2n) is 6.51. The second kappa shape index (κ2) is 7.83. The van der Waals surface area contributed by atoms with Crippen molar-refractivity contribution in [1.82, 2.24) is 4.90 Å². The molecule has 1 N–H and O–H groups in total. The van der Waals surface area contributed by atoms with Gasteiger partial charge in [0.15, 0.2) is 11.6 Å². The number of carbonyl (C=O) groups excluding carboxylic acids is 1. The van der Waals surface area contributed by atoms with Crippen molar-refractivity contribution in [2.45, 2.75) is 38.1 Å². The minimum atomic E-state index is -0.485. The summed E-state index contributed by atoms with van der Waals surface area (Å²) in [6, 6.07) is 4.73. The number of likely N-dealkylation sites (tertiary alicyclic amines) is 1. The Kier molecular flexibility index (Phi) is 5.56. The van der Waals surface area contributed by atoms with E-state index in [9.17, 15) is 9.18 Å². The summed E-state index contributed by atoms with van der Waals surface area (Å²) in [6.07, 6.45) is 5.77. The summed E-state index contributed by atoms with van der Waals surface area (Å²) in [4.78, 5) is 14.5. The zero-order chi connectivity index (χ0) is 16.9. The Hall–Kier alpha value is -1.82. The molecule has 2 aliphatic rings. The number of anilines is 1. The molecule has 3 rings (SSSR count). The van der Waals surface area contributed by atoms with Crippen LogP contribution in [0, 0.1) is 11.7 Å². The Morgan fingerprint density at radius 2 is 2.12 bits per heavy atom. The summed E-state index contributed by atoms with van der Waals surface area (Å²) < 4.78 is 24.2. The van der Waals surface area contributed by atoms with E-state index in [0.29, 0.717) is 24.3 Å². The molecule has 1 saturated heterocycles. The fourth-order valence-corrected chi connectivity index (χ4v) is 3.83. The number of fused-ring (bicyclic) bond motifs is 1. The Bertz CT molecular complexity index is 581. The topological polar surface area (TPSA) is 50.8 Å². The highest BCUT2D eigenvalue weighted by molar-refractivity contribution is 5.89. The van der Waals surface area contributed by atoms with Crippen molar-refractivity contribution in [3.8, 4) is 5.75 Å². The first-order valence-electron chi connectivity index (χ1n) is 8.68. The highest BCUT2D eigenvalue weighted by Crippen LogP contribution is 2.37. The predicted molar refractivity (Wildman–Crippen MR) is 89.9 cm³/mol. The monoisotopic (exact) mass is 336 g/mol. The molecule has 1 aromatic rings. The molecule has 1 saturated carbocycles. The molecule has 5 nitrogen and oxygen atoms in total. The van der Waals surface area contributed by atoms with Crippen molar-refractivity contribution < 1.29 is 18.7 Å². The van der Waals surface area contributed by atoms with Gasteiger partial charge in [-0.1, -0.05) is 6.42 Å². The van der Waals surface area contributed by atoms with E-state index in [2.05, 4.69) is 5.32 Å². The van der Waals surface area contributed by atoms with Gasteiger partial charge < -0.3 is 19.7 Å². The molecular weight excluding hydrogens is 311 g/mol. The number of amides is 2. The third-order valence-corrected chi connectivity index (χ3v) is 4.98. The van der Waals surface area contributed by atoms with Crippen LogP contribution < -0.4 is 10.1 Å². The third-order valence-electron chi connectivity index (χ3n) is 4.98. The van der Waals surface area contributed by atoms with Crippen LogP contribution in [0.3, 0.4) is 0 Å². The molecule has 1 aliphatic carbocycles. The Labute approximate surface area is 142 Å². The number of benzene rings is 1. The van der Waals surface area contributed by atoms with Gasteiger partial charge in [0.1, 0.15) is 6.61 Å². The number of nitrogens with one attached hydrogen (secondary N) is 1. The second-order valence-corrected chi connectivity index (χ2v) is 6.51. The van der Waals surface area contributed by atoms with Gasteiger partial charge in [-0.2, -0.15) is 0 Å². The number of methoxy groups -OCH3 is 1. The lowest BCUT2D eigenvalue weighted by molar-refractivity contribution is 0.138. The number of ether oxygens (including phenoxy) is 2. The fourth-order valence-electron chi connectivity index (χ4n) is 3.83. The molecule has 2 unspecified atom stereocenters. The minimum Gasteiger partial charge on any atom is -0.488 e. The van der Waals surface area contributed by atoms with E-state index in [-0.39, 0.29) is 18.4 Å². The molecule has 0 spiro atoms. The van der Waals surface area contributed by atoms with Crippen LogP contribution in [0.4, 0.5) is 14.9 Å². The summed E-state index contributed by atoms with van der Waals surface area (Å²) >= 11 is 0. The van der Waals surface area contributed by atoms with Gasteiger partial charge in [0.25, 0.3) is 0 Å². The first-order valence-corrected chi connectivity index (χ1v) is 8.68. The van der Waals surface area contributed by atoms with Gasteiger partial charge in [-0.25, -0.2) is 9.18 Å². The number of piperidine rings is 1. The summed E-state index contributed by atoms with van der Waals surface area (Å²) in [5, 5.41) is 2.83. The van der Waals surface area contributed by atoms with E-state index in [1.54, 1.807) is 13.2 Å². The van der Waals surface area contributed by atoms with E-state index in [1.807, 2.05) is 4.90 Å². The van der Waals surface area contributed by atoms with Gasteiger partial charge in [-0.05, 0) is 43.7 Å². The van der Waals surface area contributed by atoms with Gasteiger partial charge in [0.2, 0.25) is 0 Å². The average molecular weight is 336 g/mol. The molecular formula is C18H25FN2O3. The van der Waals surface area contributed by atoms with Crippen molar-refractivity contribution in [3.63, 3.8) is 0 Å². The Morgan fingerprint density at radius 3 is 2.92 bits per heavy atom. The zero-order valence-corrected chi connectivity index (χ0v) is 14.1. The SMILES string of the molecule is COCCOc1ccc(NC(=O)N2CCCC3CCCC32)cc1F. The summed E-state index contributed by atoms with van der Waals surface area (Å²) in [5.41, 5.74) is 0.455. The van der Waals surface area contributed by atoms with E-state index in [4.69, 9.17) is 9.47 Å². The van der Waals surface area contributed by atoms with Crippen LogP contribution in [0.2, 0.25) is 0 Å². The lowest BCUT2D eigenvalue weighted by Crippen LogP contribution is -2.48. The van der Waals surface area contributed by atoms with Crippen LogP contribution in [0.1, 0.15) is 32.1 Å². The van der Waals surface area contributed by atoms with Crippen LogP contribution in [-0.4, -0.2) is 43.8 Å². The average Bonchev–Trinajstić information content (AvgIpc) is 3.05. The lowest BCUT2D eigenvalue weighted by Gasteiger charge is -2.37. The van der Waals surface area contributed by atoms with Crippen LogP contribution >= 0.6 is 0 Å². The molecule has 2 fully saturated rings. The Morgan fingerprint density at radius 1 is 1.29 bits per heavy atom. The highest BCUT2D eigenvalue weighted by Gasteiger charge is 2.37. The zero-order valence-electron chi connectivity index (χ0n) is 14.1. The van der Waals surface area contributed by atoms with E-state index in [0.717, 1.165) is 19.4 Å². The van der Waals surface area contributed by atoms with Crippen molar-refractivity contribution in [2.24, 2.45) is 5.92 Å². The summed E-state index contributed by atoms with van der Waals surface area (Å²) in [7, 11) is 1.56. The molecule has 0 bridgehead atoms. The van der Waals surface area contributed by atoms with Crippen molar-refractivity contribution in [1.29, 1.82) is 0 Å². The molecule has 0 radical (unpaired) electrons. The number of hydrogen-bond acceptors (Lipinski definition) is 3. The first-order chi connectivity index (χ1) is 11.7. The van der Waals surface area contributed by atoms with Gasteiger partial charge in [0.05, 0.1) is 6.61 Å². The van der Waals surface area contributed by atoms with Gasteiger partial charge in [0, 0.05) is 31.5 Å². The molecule has 1 heterocycles. The van der Waals surface area contributed by atoms with Crippen molar-refractivity contribution >= 4 is 11.7 Å². The predicted octanol–water partition coefficient (Wildman–Crippen LogP) is 3.65. The van der Waals surface area contributed by atoms with E-state index >= 15 is 0 Å². The maximum Gasteiger partial charge on any atom is 0.322 e. The van der Waals surface area contributed by atoms with Crippen LogP contribution in [-0.2, 0) is 4.74 Å². The van der Waals surface area contributed by atoms with Crippen LogP contribution in [0.5, 0.6) is 5.75 Å². The minimum absolute atomic E-state index is 0.126. The maximum absolute atomic E-state index is 14.1. The standard InChI is InChI=1S/C18H25FN2O3/c1-23-10-11-24-17-8-7-14(12-15(17)19)20-18(22)21-9-3-5-13-4-2-6-16(13)21/h7-8,12-13,16H,2-6,9-11H2,1H3,(H,20,22). The van der Waals surface area contributed by atoms with Crippen LogP contribution in [0.15, 0.2) is 18.2 Å². The van der Waals surface area contributed by atoms with Gasteiger partial charge in [-0.15, -0.1) is 0 Å². The fraction of sp³-hybridized carbons (Fsp3) is 0.611. The molecule has 2 atom stereocenters. The third kappa shape index (κ3) is 3.80. The van der Waals surface area contributed by atoms with E-state index in [1.165, 1.54) is 31.4 Å². The number of rotatable bonds is 5. The summed E-state index contributed by atoms with van der Waals surface area (Å²) in [5.74, 6) is 0.318. The molecule has 2 amide bonds. The van der Waals surface area contributed by atoms with Gasteiger partial charge in [-0.3, -0.25) is 0 Å². The Balaban J connectivity index is 1.60. The summed E-state index contributed by atoms with van der Waals surface area (Å²) in [6.45, 7) is 1.47. The molecule has 24 heavy (non-hydrogen) atoms. The van der Waals surface area contributed by atoms with Gasteiger partial charge >= 0.3 is 6.03 Å². The molecule has 0 aromatic heterocycles. The lowest BCUT2D eigenvalue weighted by atomic mass is 9.92. The highest BCUT2D eigenvalue weighted by atomic mass is 19.1. The van der Waals surface area contributed by atoms with Crippen molar-refractivity contribution in [2.75, 3.05) is 32.2 Å². The first kappa shape index (κ1) is 17.0. The van der Waals surface area contributed by atoms with E-state index < -0.39 is 5.82 Å². The number of hydrogen-bond donors (Lipinski definition) is 1. The molecule has 1 aromatic carbocycles. The smallest absolute Gasteiger partial charge is 0.322 e. The van der Waals surface area contributed by atoms with Crippen molar-refractivity contribution in [3.05, 3.63) is 24.0 Å². The maximum atomic E-state index is 14.1. The molecule has 6 heteroatoms. The van der Waals surface area contributed by atoms with Crippen LogP contribution in [0.25, 0.3) is 0 Å². The normalized spacial score (nSPS) is 23.0. The number of carbonyl (C=O) groups is 1. The quantitative estimate of drug-likeness (QED) is 0.835. The number of nitrogens with zero attached hydrogens (tertiary/aromatic N) is 1.